The number of likely N-dealkylation sites (tertiary alicyclic amines) is 1. The van der Waals surface area contributed by atoms with Gasteiger partial charge in [0.15, 0.2) is 0 Å². The number of carbonyl (C=O) groups is 2. The van der Waals surface area contributed by atoms with Crippen LogP contribution in [0.4, 0.5) is 5.69 Å². The molecule has 0 saturated carbocycles. The highest BCUT2D eigenvalue weighted by Gasteiger charge is 2.29. The van der Waals surface area contributed by atoms with E-state index in [-0.39, 0.29) is 29.8 Å². The Balaban J connectivity index is 1.41. The molecule has 160 valence electrons. The third-order valence-electron chi connectivity index (χ3n) is 5.61. The maximum absolute atomic E-state index is 12.6. The van der Waals surface area contributed by atoms with Gasteiger partial charge in [-0.25, -0.2) is 4.98 Å². The van der Waals surface area contributed by atoms with Crippen LogP contribution in [-0.2, 0) is 22.6 Å². The van der Waals surface area contributed by atoms with E-state index in [0.717, 1.165) is 24.9 Å². The van der Waals surface area contributed by atoms with Gasteiger partial charge >= 0.3 is 0 Å². The first-order chi connectivity index (χ1) is 15.0. The van der Waals surface area contributed by atoms with Crippen LogP contribution in [0.1, 0.15) is 30.7 Å². The first-order valence-electron chi connectivity index (χ1n) is 10.4. The standard InChI is InChI=1S/C23H25N5O3/c24-22(30)19-10-5-13-28(19)14-15-6-1-3-8-17(15)26-21(29)12-11-20-25-18-9-4-2-7-16(18)23(31)27-20/h1-4,6-9,19H,5,10-14H2,(H2,24,30)(H,26,29)(H,25,27,31). The van der Waals surface area contributed by atoms with Crippen LogP contribution in [0.5, 0.6) is 0 Å². The van der Waals surface area contributed by atoms with E-state index < -0.39 is 0 Å². The molecule has 1 atom stereocenters. The molecule has 8 heteroatoms. The van der Waals surface area contributed by atoms with Crippen molar-refractivity contribution in [3.8, 4) is 0 Å². The van der Waals surface area contributed by atoms with E-state index >= 15 is 0 Å². The normalized spacial score (nSPS) is 16.5. The number of aryl methyl sites for hydroxylation is 1. The molecular formula is C23H25N5O3. The summed E-state index contributed by atoms with van der Waals surface area (Å²) in [7, 11) is 0. The Hall–Kier alpha value is -3.52. The number of rotatable bonds is 7. The van der Waals surface area contributed by atoms with Crippen molar-refractivity contribution in [1.82, 2.24) is 14.9 Å². The summed E-state index contributed by atoms with van der Waals surface area (Å²) in [5.74, 6) is 0.000488. The largest absolute Gasteiger partial charge is 0.368 e. The highest BCUT2D eigenvalue weighted by atomic mass is 16.2. The van der Waals surface area contributed by atoms with Gasteiger partial charge in [0.2, 0.25) is 11.8 Å². The smallest absolute Gasteiger partial charge is 0.258 e. The molecule has 1 aliphatic heterocycles. The number of aromatic nitrogens is 2. The molecule has 1 saturated heterocycles. The highest BCUT2D eigenvalue weighted by molar-refractivity contribution is 5.91. The second-order valence-electron chi connectivity index (χ2n) is 7.77. The van der Waals surface area contributed by atoms with Gasteiger partial charge in [-0.05, 0) is 43.1 Å². The molecule has 1 aliphatic rings. The Morgan fingerprint density at radius 1 is 1.16 bits per heavy atom. The minimum absolute atomic E-state index is 0.170. The maximum atomic E-state index is 12.6. The average Bonchev–Trinajstić information content (AvgIpc) is 3.22. The second-order valence-corrected chi connectivity index (χ2v) is 7.77. The van der Waals surface area contributed by atoms with Crippen LogP contribution in [0, 0.1) is 0 Å². The van der Waals surface area contributed by atoms with Crippen molar-refractivity contribution in [2.75, 3.05) is 11.9 Å². The molecule has 8 nitrogen and oxygen atoms in total. The Morgan fingerprint density at radius 3 is 2.77 bits per heavy atom. The summed E-state index contributed by atoms with van der Waals surface area (Å²) in [5, 5.41) is 3.48. The minimum atomic E-state index is -0.309. The van der Waals surface area contributed by atoms with Crippen LogP contribution >= 0.6 is 0 Å². The number of benzene rings is 2. The summed E-state index contributed by atoms with van der Waals surface area (Å²) >= 11 is 0. The van der Waals surface area contributed by atoms with Crippen molar-refractivity contribution in [2.24, 2.45) is 5.73 Å². The lowest BCUT2D eigenvalue weighted by molar-refractivity contribution is -0.122. The minimum Gasteiger partial charge on any atom is -0.368 e. The van der Waals surface area contributed by atoms with Gasteiger partial charge in [0.1, 0.15) is 5.82 Å². The van der Waals surface area contributed by atoms with Gasteiger partial charge < -0.3 is 16.0 Å². The Bertz CT molecular complexity index is 1170. The number of aromatic amines is 1. The fraction of sp³-hybridized carbons (Fsp3) is 0.304. The van der Waals surface area contributed by atoms with Gasteiger partial charge in [-0.15, -0.1) is 0 Å². The van der Waals surface area contributed by atoms with Crippen LogP contribution in [-0.4, -0.2) is 39.3 Å². The molecule has 2 amide bonds. The van der Waals surface area contributed by atoms with E-state index in [2.05, 4.69) is 20.2 Å². The lowest BCUT2D eigenvalue weighted by atomic mass is 10.1. The number of hydrogen-bond donors (Lipinski definition) is 3. The molecule has 0 spiro atoms. The van der Waals surface area contributed by atoms with E-state index in [4.69, 9.17) is 5.73 Å². The van der Waals surface area contributed by atoms with Crippen LogP contribution in [0.25, 0.3) is 10.9 Å². The van der Waals surface area contributed by atoms with Crippen molar-refractivity contribution >= 4 is 28.4 Å². The summed E-state index contributed by atoms with van der Waals surface area (Å²) in [6, 6.07) is 14.4. The van der Waals surface area contributed by atoms with Gasteiger partial charge in [-0.1, -0.05) is 30.3 Å². The summed E-state index contributed by atoms with van der Waals surface area (Å²) in [5.41, 5.74) is 7.57. The van der Waals surface area contributed by atoms with Crippen molar-refractivity contribution in [3.05, 3.63) is 70.3 Å². The van der Waals surface area contributed by atoms with E-state index in [1.165, 1.54) is 0 Å². The number of nitrogens with two attached hydrogens (primary N) is 1. The van der Waals surface area contributed by atoms with Gasteiger partial charge in [0.05, 0.1) is 16.9 Å². The Labute approximate surface area is 179 Å². The second kappa shape index (κ2) is 9.09. The predicted octanol–water partition coefficient (Wildman–Crippen LogP) is 1.94. The first-order valence-corrected chi connectivity index (χ1v) is 10.4. The van der Waals surface area contributed by atoms with Gasteiger partial charge in [0.25, 0.3) is 5.56 Å². The predicted molar refractivity (Wildman–Crippen MR) is 118 cm³/mol. The number of para-hydroxylation sites is 2. The molecule has 1 unspecified atom stereocenters. The third kappa shape index (κ3) is 4.80. The number of carbonyl (C=O) groups excluding carboxylic acids is 2. The lowest BCUT2D eigenvalue weighted by Gasteiger charge is -2.23. The van der Waals surface area contributed by atoms with Crippen LogP contribution < -0.4 is 16.6 Å². The molecule has 4 N–H and O–H groups in total. The lowest BCUT2D eigenvalue weighted by Crippen LogP contribution is -2.39. The Kier molecular flexibility index (Phi) is 6.08. The number of nitrogens with one attached hydrogen (secondary N) is 2. The molecular weight excluding hydrogens is 394 g/mol. The first kappa shape index (κ1) is 20.7. The summed E-state index contributed by atoms with van der Waals surface area (Å²) in [6.07, 6.45) is 2.20. The Morgan fingerprint density at radius 2 is 1.94 bits per heavy atom. The molecule has 1 fully saturated rings. The summed E-state index contributed by atoms with van der Waals surface area (Å²) in [4.78, 5) is 45.7. The third-order valence-corrected chi connectivity index (χ3v) is 5.61. The number of H-pyrrole nitrogens is 1. The number of fused-ring (bicyclic) bond motifs is 1. The summed E-state index contributed by atoms with van der Waals surface area (Å²) in [6.45, 7) is 1.35. The van der Waals surface area contributed by atoms with E-state index in [0.29, 0.717) is 35.4 Å². The number of primary amides is 1. The fourth-order valence-corrected chi connectivity index (χ4v) is 4.03. The zero-order chi connectivity index (χ0) is 21.8. The van der Waals surface area contributed by atoms with Crippen LogP contribution in [0.2, 0.25) is 0 Å². The van der Waals surface area contributed by atoms with E-state index in [1.807, 2.05) is 30.3 Å². The van der Waals surface area contributed by atoms with Gasteiger partial charge in [-0.2, -0.15) is 0 Å². The van der Waals surface area contributed by atoms with Gasteiger partial charge in [-0.3, -0.25) is 19.3 Å². The topological polar surface area (TPSA) is 121 Å². The number of nitrogens with zero attached hydrogens (tertiary/aromatic N) is 2. The highest BCUT2D eigenvalue weighted by Crippen LogP contribution is 2.24. The van der Waals surface area contributed by atoms with Crippen molar-refractivity contribution in [3.63, 3.8) is 0 Å². The molecule has 0 radical (unpaired) electrons. The molecule has 2 heterocycles. The zero-order valence-electron chi connectivity index (χ0n) is 17.1. The van der Waals surface area contributed by atoms with Crippen LogP contribution in [0.15, 0.2) is 53.3 Å². The molecule has 1 aromatic heterocycles. The molecule has 2 aromatic carbocycles. The van der Waals surface area contributed by atoms with Crippen molar-refractivity contribution < 1.29 is 9.59 Å². The number of amides is 2. The molecule has 4 rings (SSSR count). The van der Waals surface area contributed by atoms with E-state index in [9.17, 15) is 14.4 Å². The number of anilines is 1. The molecule has 0 bridgehead atoms. The fourth-order valence-electron chi connectivity index (χ4n) is 4.03. The molecule has 0 aliphatic carbocycles. The van der Waals surface area contributed by atoms with Crippen molar-refractivity contribution in [1.29, 1.82) is 0 Å². The maximum Gasteiger partial charge on any atom is 0.258 e. The van der Waals surface area contributed by atoms with Crippen LogP contribution in [0.3, 0.4) is 0 Å². The van der Waals surface area contributed by atoms with Crippen molar-refractivity contribution in [2.45, 2.75) is 38.3 Å². The van der Waals surface area contributed by atoms with Gasteiger partial charge in [0, 0.05) is 25.1 Å². The molecule has 31 heavy (non-hydrogen) atoms. The molecule has 3 aromatic rings. The number of hydrogen-bond acceptors (Lipinski definition) is 5. The zero-order valence-corrected chi connectivity index (χ0v) is 17.1. The SMILES string of the molecule is NC(=O)C1CCCN1Cc1ccccc1NC(=O)CCc1nc2ccccc2c(=O)[nH]1. The average molecular weight is 419 g/mol. The van der Waals surface area contributed by atoms with E-state index in [1.54, 1.807) is 18.2 Å². The summed E-state index contributed by atoms with van der Waals surface area (Å²) < 4.78 is 0. The monoisotopic (exact) mass is 419 g/mol. The quantitative estimate of drug-likeness (QED) is 0.540.